The summed E-state index contributed by atoms with van der Waals surface area (Å²) >= 11 is 0. The summed E-state index contributed by atoms with van der Waals surface area (Å²) in [7, 11) is 0. The highest BCUT2D eigenvalue weighted by molar-refractivity contribution is 6.08. The Labute approximate surface area is 164 Å². The Morgan fingerprint density at radius 1 is 1.11 bits per heavy atom. The molecule has 3 heterocycles. The van der Waals surface area contributed by atoms with Crippen molar-refractivity contribution >= 4 is 23.7 Å². The summed E-state index contributed by atoms with van der Waals surface area (Å²) in [6, 6.07) is 5.29. The van der Waals surface area contributed by atoms with E-state index in [2.05, 4.69) is 20.6 Å². The molecule has 4 amide bonds. The molecule has 28 heavy (non-hydrogen) atoms. The fourth-order valence-corrected chi connectivity index (χ4v) is 4.26. The number of nitrogens with zero attached hydrogens (tertiary/aromatic N) is 4. The minimum absolute atomic E-state index is 0.153. The second-order valence-corrected chi connectivity index (χ2v) is 7.70. The molecular weight excluding hydrogens is 360 g/mol. The van der Waals surface area contributed by atoms with Crippen LogP contribution in [-0.4, -0.2) is 71.0 Å². The van der Waals surface area contributed by atoms with E-state index in [0.717, 1.165) is 43.2 Å². The molecule has 2 aliphatic heterocycles. The average Bonchev–Trinajstić information content (AvgIpc) is 2.93. The quantitative estimate of drug-likeness (QED) is 0.731. The van der Waals surface area contributed by atoms with Crippen LogP contribution in [0, 0.1) is 0 Å². The van der Waals surface area contributed by atoms with Crippen LogP contribution in [-0.2, 0) is 9.59 Å². The number of piperazine rings is 1. The third-order valence-corrected chi connectivity index (χ3v) is 5.82. The minimum atomic E-state index is -0.822. The highest BCUT2D eigenvalue weighted by atomic mass is 16.2. The highest BCUT2D eigenvalue weighted by Gasteiger charge is 2.52. The number of urea groups is 1. The van der Waals surface area contributed by atoms with Gasteiger partial charge < -0.3 is 10.2 Å². The van der Waals surface area contributed by atoms with Crippen molar-refractivity contribution in [1.82, 2.24) is 25.6 Å². The van der Waals surface area contributed by atoms with Crippen LogP contribution >= 0.6 is 0 Å². The number of amides is 4. The number of anilines is 1. The maximum atomic E-state index is 12.7. The van der Waals surface area contributed by atoms with Gasteiger partial charge in [-0.15, -0.1) is 0 Å². The van der Waals surface area contributed by atoms with Gasteiger partial charge in [-0.2, -0.15) is 5.01 Å². The summed E-state index contributed by atoms with van der Waals surface area (Å²) in [6.07, 6.45) is 5.94. The molecule has 3 aliphatic rings. The molecule has 1 aromatic rings. The number of imide groups is 1. The van der Waals surface area contributed by atoms with Gasteiger partial charge in [0.15, 0.2) is 0 Å². The number of aromatic nitrogens is 1. The maximum absolute atomic E-state index is 12.7. The lowest BCUT2D eigenvalue weighted by Crippen LogP contribution is -2.54. The summed E-state index contributed by atoms with van der Waals surface area (Å²) in [4.78, 5) is 45.9. The maximum Gasteiger partial charge on any atom is 0.344 e. The van der Waals surface area contributed by atoms with E-state index in [1.54, 1.807) is 6.20 Å². The molecule has 2 saturated heterocycles. The summed E-state index contributed by atoms with van der Waals surface area (Å²) in [5.74, 6) is 0.261. The number of hydrazine groups is 1. The van der Waals surface area contributed by atoms with Crippen molar-refractivity contribution in [1.29, 1.82) is 0 Å². The zero-order valence-electron chi connectivity index (χ0n) is 15.9. The highest BCUT2D eigenvalue weighted by Crippen LogP contribution is 2.32. The third-order valence-electron chi connectivity index (χ3n) is 5.82. The van der Waals surface area contributed by atoms with E-state index < -0.39 is 11.6 Å². The van der Waals surface area contributed by atoms with E-state index in [-0.39, 0.29) is 18.4 Å². The molecule has 1 aliphatic carbocycles. The third kappa shape index (κ3) is 3.66. The van der Waals surface area contributed by atoms with Crippen molar-refractivity contribution in [2.75, 3.05) is 37.6 Å². The summed E-state index contributed by atoms with van der Waals surface area (Å²) in [5.41, 5.74) is 1.68. The number of carbonyl (C=O) groups is 3. The standard InChI is InChI=1S/C19H26N6O3/c26-16(14-23-10-12-24(13-11-23)15-6-2-5-9-20-15)22-25-17(27)19(21-18(25)28)7-3-1-4-8-19/h2,5-6,9H,1,3-4,7-8,10-14H2,(H,21,28)(H,22,26). The van der Waals surface area contributed by atoms with Gasteiger partial charge in [0.05, 0.1) is 6.54 Å². The van der Waals surface area contributed by atoms with Gasteiger partial charge in [-0.25, -0.2) is 9.78 Å². The zero-order valence-corrected chi connectivity index (χ0v) is 15.9. The van der Waals surface area contributed by atoms with Crippen LogP contribution in [0.5, 0.6) is 0 Å². The van der Waals surface area contributed by atoms with Gasteiger partial charge in [-0.3, -0.25) is 19.9 Å². The van der Waals surface area contributed by atoms with Crippen molar-refractivity contribution in [2.24, 2.45) is 0 Å². The van der Waals surface area contributed by atoms with Crippen LogP contribution < -0.4 is 15.6 Å². The number of hydrogen-bond acceptors (Lipinski definition) is 6. The molecule has 1 spiro atoms. The Balaban J connectivity index is 1.28. The molecule has 0 bridgehead atoms. The molecule has 2 N–H and O–H groups in total. The van der Waals surface area contributed by atoms with E-state index in [9.17, 15) is 14.4 Å². The fraction of sp³-hybridized carbons (Fsp3) is 0.579. The van der Waals surface area contributed by atoms with Crippen molar-refractivity contribution in [2.45, 2.75) is 37.6 Å². The lowest BCUT2D eigenvalue weighted by Gasteiger charge is -2.35. The Kier molecular flexibility index (Phi) is 5.17. The molecule has 0 radical (unpaired) electrons. The number of rotatable bonds is 4. The van der Waals surface area contributed by atoms with Gasteiger partial charge in [0.25, 0.3) is 11.8 Å². The molecule has 0 unspecified atom stereocenters. The topological polar surface area (TPSA) is 97.9 Å². The van der Waals surface area contributed by atoms with E-state index >= 15 is 0 Å². The Morgan fingerprint density at radius 3 is 2.54 bits per heavy atom. The van der Waals surface area contributed by atoms with Crippen LogP contribution in [0.15, 0.2) is 24.4 Å². The summed E-state index contributed by atoms with van der Waals surface area (Å²) in [6.45, 7) is 3.13. The first-order valence-corrected chi connectivity index (χ1v) is 9.92. The van der Waals surface area contributed by atoms with Gasteiger partial charge in [-0.05, 0) is 25.0 Å². The largest absolute Gasteiger partial charge is 0.354 e. The minimum Gasteiger partial charge on any atom is -0.354 e. The monoisotopic (exact) mass is 386 g/mol. The SMILES string of the molecule is O=C(CN1CCN(c2ccccn2)CC1)NN1C(=O)NC2(CCCCC2)C1=O. The van der Waals surface area contributed by atoms with Gasteiger partial charge in [0.2, 0.25) is 0 Å². The molecule has 4 rings (SSSR count). The molecule has 9 nitrogen and oxygen atoms in total. The van der Waals surface area contributed by atoms with Crippen LogP contribution in [0.3, 0.4) is 0 Å². The Bertz CT molecular complexity index is 741. The first kappa shape index (κ1) is 18.7. The molecule has 9 heteroatoms. The first-order valence-electron chi connectivity index (χ1n) is 9.92. The van der Waals surface area contributed by atoms with Crippen LogP contribution in [0.1, 0.15) is 32.1 Å². The Morgan fingerprint density at radius 2 is 1.86 bits per heavy atom. The number of pyridine rings is 1. The molecule has 0 aromatic carbocycles. The molecule has 3 fully saturated rings. The van der Waals surface area contributed by atoms with Crippen molar-refractivity contribution in [3.8, 4) is 0 Å². The van der Waals surface area contributed by atoms with E-state index in [4.69, 9.17) is 0 Å². The second-order valence-electron chi connectivity index (χ2n) is 7.70. The fourth-order valence-electron chi connectivity index (χ4n) is 4.26. The zero-order chi connectivity index (χ0) is 19.6. The number of hydrogen-bond donors (Lipinski definition) is 2. The molecule has 0 atom stereocenters. The predicted molar refractivity (Wildman–Crippen MR) is 102 cm³/mol. The second kappa shape index (κ2) is 7.75. The van der Waals surface area contributed by atoms with Crippen LogP contribution in [0.4, 0.5) is 10.6 Å². The van der Waals surface area contributed by atoms with Gasteiger partial charge in [-0.1, -0.05) is 25.3 Å². The molecular formula is C19H26N6O3. The van der Waals surface area contributed by atoms with Crippen LogP contribution in [0.2, 0.25) is 0 Å². The first-order chi connectivity index (χ1) is 13.6. The van der Waals surface area contributed by atoms with Crippen molar-refractivity contribution in [3.05, 3.63) is 24.4 Å². The number of nitrogens with one attached hydrogen (secondary N) is 2. The van der Waals surface area contributed by atoms with Crippen LogP contribution in [0.25, 0.3) is 0 Å². The van der Waals surface area contributed by atoms with Gasteiger partial charge >= 0.3 is 6.03 Å². The number of carbonyl (C=O) groups excluding carboxylic acids is 3. The van der Waals surface area contributed by atoms with Crippen molar-refractivity contribution in [3.63, 3.8) is 0 Å². The van der Waals surface area contributed by atoms with Crippen molar-refractivity contribution < 1.29 is 14.4 Å². The van der Waals surface area contributed by atoms with Gasteiger partial charge in [0.1, 0.15) is 11.4 Å². The summed E-state index contributed by atoms with van der Waals surface area (Å²) < 4.78 is 0. The lowest BCUT2D eigenvalue weighted by atomic mass is 9.82. The average molecular weight is 386 g/mol. The molecule has 1 aromatic heterocycles. The summed E-state index contributed by atoms with van der Waals surface area (Å²) in [5, 5.41) is 3.67. The van der Waals surface area contributed by atoms with Gasteiger partial charge in [0, 0.05) is 32.4 Å². The smallest absolute Gasteiger partial charge is 0.344 e. The van der Waals surface area contributed by atoms with E-state index in [1.807, 2.05) is 23.1 Å². The van der Waals surface area contributed by atoms with E-state index in [0.29, 0.717) is 25.9 Å². The predicted octanol–water partition coefficient (Wildman–Crippen LogP) is 0.490. The normalized spacial score (nSPS) is 22.4. The Hall–Kier alpha value is -2.68. The molecule has 150 valence electrons. The molecule has 1 saturated carbocycles. The lowest BCUT2D eigenvalue weighted by molar-refractivity contribution is -0.140. The van der Waals surface area contributed by atoms with E-state index in [1.165, 1.54) is 0 Å².